The highest BCUT2D eigenvalue weighted by atomic mass is 16.5. The lowest BCUT2D eigenvalue weighted by Gasteiger charge is -2.42. The highest BCUT2D eigenvalue weighted by molar-refractivity contribution is 6.08. The van der Waals surface area contributed by atoms with Crippen LogP contribution in [0.25, 0.3) is 10.9 Å². The minimum Gasteiger partial charge on any atom is -0.497 e. The smallest absolute Gasteiger partial charge is 0.328 e. The zero-order chi connectivity index (χ0) is 23.4. The van der Waals surface area contributed by atoms with Crippen LogP contribution < -0.4 is 4.74 Å². The van der Waals surface area contributed by atoms with E-state index in [0.29, 0.717) is 13.0 Å². The van der Waals surface area contributed by atoms with E-state index < -0.39 is 5.54 Å². The van der Waals surface area contributed by atoms with Crippen LogP contribution in [-0.2, 0) is 11.2 Å². The number of aromatic amines is 1. The fourth-order valence-corrected chi connectivity index (χ4v) is 6.05. The fraction of sp³-hybridized carbons (Fsp3) is 0.407. The summed E-state index contributed by atoms with van der Waals surface area (Å²) in [6.45, 7) is 5.20. The third-order valence-corrected chi connectivity index (χ3v) is 7.83. The van der Waals surface area contributed by atoms with Gasteiger partial charge in [0.2, 0.25) is 0 Å². The third-order valence-electron chi connectivity index (χ3n) is 7.83. The Labute approximate surface area is 199 Å². The Balaban J connectivity index is 1.46. The molecule has 7 nitrogen and oxygen atoms in total. The molecule has 0 radical (unpaired) electrons. The summed E-state index contributed by atoms with van der Waals surface area (Å²) in [7, 11) is 1.66. The van der Waals surface area contributed by atoms with Crippen molar-refractivity contribution < 1.29 is 14.3 Å². The van der Waals surface area contributed by atoms with E-state index in [0.717, 1.165) is 53.1 Å². The number of hydrogen-bond acceptors (Lipinski definition) is 4. The molecule has 1 N–H and O–H groups in total. The van der Waals surface area contributed by atoms with Gasteiger partial charge in [-0.15, -0.1) is 0 Å². The van der Waals surface area contributed by atoms with Crippen molar-refractivity contribution in [2.45, 2.75) is 37.8 Å². The Morgan fingerprint density at radius 2 is 1.82 bits per heavy atom. The van der Waals surface area contributed by atoms with Gasteiger partial charge in [0.05, 0.1) is 7.11 Å². The SMILES string of the molecule is COc1ccc2[nH]c3c(c2c1)CC1(C)C(=O)N(CCN2CCCC2)C(=O)N1C3c1ccccc1. The number of benzene rings is 2. The van der Waals surface area contributed by atoms with E-state index in [-0.39, 0.29) is 18.0 Å². The summed E-state index contributed by atoms with van der Waals surface area (Å²) in [6, 6.07) is 15.4. The Hall–Kier alpha value is -3.32. The zero-order valence-corrected chi connectivity index (χ0v) is 19.7. The molecule has 3 aliphatic rings. The molecule has 0 spiro atoms. The minimum absolute atomic E-state index is 0.0967. The molecule has 2 fully saturated rings. The van der Waals surface area contributed by atoms with Crippen molar-refractivity contribution in [2.24, 2.45) is 0 Å². The first-order chi connectivity index (χ1) is 16.5. The molecule has 0 bridgehead atoms. The summed E-state index contributed by atoms with van der Waals surface area (Å²) in [5.41, 5.74) is 3.12. The number of amides is 3. The van der Waals surface area contributed by atoms with E-state index >= 15 is 0 Å². The van der Waals surface area contributed by atoms with Gasteiger partial charge in [0.15, 0.2) is 0 Å². The molecule has 2 saturated heterocycles. The summed E-state index contributed by atoms with van der Waals surface area (Å²) in [6.07, 6.45) is 2.85. The molecule has 3 aliphatic heterocycles. The number of carbonyl (C=O) groups excluding carboxylic acids is 2. The number of rotatable bonds is 5. The van der Waals surface area contributed by atoms with E-state index in [2.05, 4.69) is 9.88 Å². The molecule has 3 amide bonds. The van der Waals surface area contributed by atoms with Crippen molar-refractivity contribution in [1.82, 2.24) is 19.7 Å². The predicted molar refractivity (Wildman–Crippen MR) is 130 cm³/mol. The molecule has 2 unspecified atom stereocenters. The molecular weight excluding hydrogens is 428 g/mol. The number of nitrogens with one attached hydrogen (secondary N) is 1. The summed E-state index contributed by atoms with van der Waals surface area (Å²) in [5, 5.41) is 1.05. The van der Waals surface area contributed by atoms with Crippen LogP contribution in [-0.4, -0.2) is 70.4 Å². The zero-order valence-electron chi connectivity index (χ0n) is 19.7. The van der Waals surface area contributed by atoms with Crippen LogP contribution >= 0.6 is 0 Å². The van der Waals surface area contributed by atoms with Gasteiger partial charge < -0.3 is 14.6 Å². The van der Waals surface area contributed by atoms with E-state index in [1.807, 2.05) is 60.4 Å². The molecule has 2 aromatic carbocycles. The largest absolute Gasteiger partial charge is 0.497 e. The number of methoxy groups -OCH3 is 1. The van der Waals surface area contributed by atoms with Crippen molar-refractivity contribution >= 4 is 22.8 Å². The van der Waals surface area contributed by atoms with Crippen molar-refractivity contribution in [1.29, 1.82) is 0 Å². The summed E-state index contributed by atoms with van der Waals surface area (Å²) >= 11 is 0. The Kier molecular flexibility index (Phi) is 4.92. The minimum atomic E-state index is -0.937. The van der Waals surface area contributed by atoms with Gasteiger partial charge in [-0.3, -0.25) is 14.6 Å². The second kappa shape index (κ2) is 7.87. The maximum Gasteiger partial charge on any atom is 0.328 e. The number of imide groups is 1. The van der Waals surface area contributed by atoms with Crippen LogP contribution in [0.2, 0.25) is 0 Å². The van der Waals surface area contributed by atoms with Gasteiger partial charge in [-0.25, -0.2) is 4.79 Å². The molecule has 0 saturated carbocycles. The molecule has 2 atom stereocenters. The highest BCUT2D eigenvalue weighted by Crippen LogP contribution is 2.48. The van der Waals surface area contributed by atoms with E-state index in [9.17, 15) is 9.59 Å². The number of hydrogen-bond donors (Lipinski definition) is 1. The van der Waals surface area contributed by atoms with Gasteiger partial charge in [-0.05, 0) is 62.2 Å². The molecule has 6 rings (SSSR count). The number of carbonyl (C=O) groups is 2. The van der Waals surface area contributed by atoms with Crippen molar-refractivity contribution in [2.75, 3.05) is 33.3 Å². The van der Waals surface area contributed by atoms with Crippen molar-refractivity contribution in [3.8, 4) is 5.75 Å². The van der Waals surface area contributed by atoms with Crippen LogP contribution in [0.4, 0.5) is 4.79 Å². The van der Waals surface area contributed by atoms with Gasteiger partial charge in [-0.1, -0.05) is 30.3 Å². The van der Waals surface area contributed by atoms with Crippen LogP contribution in [0.5, 0.6) is 5.75 Å². The highest BCUT2D eigenvalue weighted by Gasteiger charge is 2.60. The molecule has 176 valence electrons. The number of aromatic nitrogens is 1. The first kappa shape index (κ1) is 21.2. The van der Waals surface area contributed by atoms with Crippen LogP contribution in [0.3, 0.4) is 0 Å². The van der Waals surface area contributed by atoms with Crippen molar-refractivity contribution in [3.05, 3.63) is 65.4 Å². The topological polar surface area (TPSA) is 68.9 Å². The standard InChI is InChI=1S/C27H30N4O3/c1-27-17-21-20-16-19(34-2)10-11-22(20)28-23(21)24(18-8-4-3-5-9-18)31(27)26(33)30(25(27)32)15-14-29-12-6-7-13-29/h3-5,8-11,16,24,28H,6-7,12-15,17H2,1-2H3. The maximum atomic E-state index is 13.9. The van der Waals surface area contributed by atoms with Crippen LogP contribution in [0.1, 0.15) is 42.6 Å². The first-order valence-electron chi connectivity index (χ1n) is 12.1. The second-order valence-corrected chi connectivity index (χ2v) is 9.85. The molecule has 7 heteroatoms. The number of fused-ring (bicyclic) bond motifs is 4. The van der Waals surface area contributed by atoms with Gasteiger partial charge >= 0.3 is 6.03 Å². The molecule has 0 aliphatic carbocycles. The predicted octanol–water partition coefficient (Wildman–Crippen LogP) is 3.94. The monoisotopic (exact) mass is 458 g/mol. The van der Waals surface area contributed by atoms with Crippen LogP contribution in [0, 0.1) is 0 Å². The number of urea groups is 1. The lowest BCUT2D eigenvalue weighted by Crippen LogP contribution is -2.53. The van der Waals surface area contributed by atoms with Crippen molar-refractivity contribution in [3.63, 3.8) is 0 Å². The number of ether oxygens (including phenoxy) is 1. The Morgan fingerprint density at radius 3 is 2.56 bits per heavy atom. The molecule has 4 heterocycles. The van der Waals surface area contributed by atoms with Gasteiger partial charge in [0.25, 0.3) is 5.91 Å². The third kappa shape index (κ3) is 3.06. The summed E-state index contributed by atoms with van der Waals surface area (Å²) < 4.78 is 5.48. The molecule has 1 aromatic heterocycles. The van der Waals surface area contributed by atoms with Crippen LogP contribution in [0.15, 0.2) is 48.5 Å². The lowest BCUT2D eigenvalue weighted by atomic mass is 9.81. The average Bonchev–Trinajstić information content (AvgIpc) is 3.54. The van der Waals surface area contributed by atoms with Gasteiger partial charge in [-0.2, -0.15) is 0 Å². The van der Waals surface area contributed by atoms with Gasteiger partial charge in [0.1, 0.15) is 17.3 Å². The number of nitrogens with zero attached hydrogens (tertiary/aromatic N) is 3. The summed E-state index contributed by atoms with van der Waals surface area (Å²) in [4.78, 5) is 36.9. The average molecular weight is 459 g/mol. The maximum absolute atomic E-state index is 13.9. The Morgan fingerprint density at radius 1 is 1.06 bits per heavy atom. The fourth-order valence-electron chi connectivity index (χ4n) is 6.05. The second-order valence-electron chi connectivity index (χ2n) is 9.85. The molecule has 3 aromatic rings. The van der Waals surface area contributed by atoms with Gasteiger partial charge in [0, 0.05) is 36.1 Å². The number of likely N-dealkylation sites (tertiary alicyclic amines) is 1. The van der Waals surface area contributed by atoms with E-state index in [4.69, 9.17) is 4.74 Å². The quantitative estimate of drug-likeness (QED) is 0.588. The molecular formula is C27H30N4O3. The lowest BCUT2D eigenvalue weighted by molar-refractivity contribution is -0.133. The number of H-pyrrole nitrogens is 1. The normalized spacial score (nSPS) is 24.7. The van der Waals surface area contributed by atoms with E-state index in [1.54, 1.807) is 7.11 Å². The molecule has 34 heavy (non-hydrogen) atoms. The first-order valence-corrected chi connectivity index (χ1v) is 12.1. The summed E-state index contributed by atoms with van der Waals surface area (Å²) in [5.74, 6) is 0.680. The van der Waals surface area contributed by atoms with E-state index in [1.165, 1.54) is 17.7 Å². The Bertz CT molecular complexity index is 1260.